The highest BCUT2D eigenvalue weighted by Gasteiger charge is 2.43. The van der Waals surface area contributed by atoms with Gasteiger partial charge in [0.1, 0.15) is 0 Å². The van der Waals surface area contributed by atoms with Crippen LogP contribution < -0.4 is 0 Å². The molecular formula is C14H26N2O4S. The SMILES string of the molecule is CN(C1CCC2(CC1)OCCO2)S(=O)(=O)N1CCCCC1. The van der Waals surface area contributed by atoms with Crippen molar-refractivity contribution in [3.8, 4) is 0 Å². The minimum Gasteiger partial charge on any atom is -0.348 e. The van der Waals surface area contributed by atoms with Crippen molar-refractivity contribution in [1.29, 1.82) is 0 Å². The number of hydrogen-bond acceptors (Lipinski definition) is 4. The summed E-state index contributed by atoms with van der Waals surface area (Å²) in [7, 11) is -1.59. The summed E-state index contributed by atoms with van der Waals surface area (Å²) in [5.74, 6) is -0.424. The van der Waals surface area contributed by atoms with Crippen molar-refractivity contribution >= 4 is 10.2 Å². The van der Waals surface area contributed by atoms with Gasteiger partial charge in [-0.1, -0.05) is 6.42 Å². The first kappa shape index (κ1) is 15.7. The van der Waals surface area contributed by atoms with Gasteiger partial charge in [-0.05, 0) is 25.7 Å². The van der Waals surface area contributed by atoms with Crippen LogP contribution in [0.2, 0.25) is 0 Å². The minimum absolute atomic E-state index is 0.0651. The molecule has 0 aromatic carbocycles. The lowest BCUT2D eigenvalue weighted by atomic mass is 9.90. The third-order valence-corrected chi connectivity index (χ3v) is 7.09. The highest BCUT2D eigenvalue weighted by atomic mass is 32.2. The van der Waals surface area contributed by atoms with E-state index in [1.807, 2.05) is 0 Å². The smallest absolute Gasteiger partial charge is 0.281 e. The van der Waals surface area contributed by atoms with Gasteiger partial charge in [0, 0.05) is 39.0 Å². The van der Waals surface area contributed by atoms with Crippen LogP contribution >= 0.6 is 0 Å². The summed E-state index contributed by atoms with van der Waals surface area (Å²) < 4.78 is 40.0. The highest BCUT2D eigenvalue weighted by Crippen LogP contribution is 2.37. The van der Waals surface area contributed by atoms with Crippen LogP contribution in [0.25, 0.3) is 0 Å². The Morgan fingerprint density at radius 3 is 2.19 bits per heavy atom. The molecule has 0 aromatic heterocycles. The van der Waals surface area contributed by atoms with Gasteiger partial charge in [-0.15, -0.1) is 0 Å². The first-order valence-corrected chi connectivity index (χ1v) is 9.44. The molecule has 0 unspecified atom stereocenters. The molecule has 2 aliphatic heterocycles. The molecule has 0 N–H and O–H groups in total. The summed E-state index contributed by atoms with van der Waals surface area (Å²) in [6.07, 6.45) is 6.28. The van der Waals surface area contributed by atoms with Gasteiger partial charge in [-0.2, -0.15) is 17.0 Å². The molecule has 21 heavy (non-hydrogen) atoms. The molecule has 3 aliphatic rings. The maximum absolute atomic E-state index is 12.7. The Hall–Kier alpha value is -0.210. The molecule has 0 atom stereocenters. The summed E-state index contributed by atoms with van der Waals surface area (Å²) in [5.41, 5.74) is 0. The summed E-state index contributed by atoms with van der Waals surface area (Å²) in [6.45, 7) is 2.64. The standard InChI is InChI=1S/C14H26N2O4S/c1-15(21(17,18)16-9-3-2-4-10-16)13-5-7-14(8-6-13)19-11-12-20-14/h13H,2-12H2,1H3. The first-order chi connectivity index (χ1) is 10.0. The quantitative estimate of drug-likeness (QED) is 0.788. The molecule has 6 nitrogen and oxygen atoms in total. The lowest BCUT2D eigenvalue weighted by Gasteiger charge is -2.40. The van der Waals surface area contributed by atoms with E-state index >= 15 is 0 Å². The van der Waals surface area contributed by atoms with Crippen molar-refractivity contribution in [2.75, 3.05) is 33.4 Å². The first-order valence-electron chi connectivity index (χ1n) is 8.05. The Labute approximate surface area is 127 Å². The molecule has 122 valence electrons. The number of rotatable bonds is 3. The van der Waals surface area contributed by atoms with Gasteiger partial charge in [0.25, 0.3) is 10.2 Å². The van der Waals surface area contributed by atoms with E-state index in [4.69, 9.17) is 9.47 Å². The van der Waals surface area contributed by atoms with Crippen LogP contribution in [0, 0.1) is 0 Å². The number of piperidine rings is 1. The number of hydrogen-bond donors (Lipinski definition) is 0. The molecule has 0 radical (unpaired) electrons. The largest absolute Gasteiger partial charge is 0.348 e. The van der Waals surface area contributed by atoms with Crippen LogP contribution in [0.15, 0.2) is 0 Å². The molecule has 1 spiro atoms. The van der Waals surface area contributed by atoms with Crippen LogP contribution in [-0.2, 0) is 19.7 Å². The van der Waals surface area contributed by atoms with E-state index in [2.05, 4.69) is 0 Å². The second kappa shape index (κ2) is 6.12. The van der Waals surface area contributed by atoms with Gasteiger partial charge in [0.15, 0.2) is 5.79 Å². The van der Waals surface area contributed by atoms with Crippen molar-refractivity contribution in [2.45, 2.75) is 56.8 Å². The van der Waals surface area contributed by atoms with Gasteiger partial charge < -0.3 is 9.47 Å². The molecule has 1 aliphatic carbocycles. The molecule has 3 rings (SSSR count). The van der Waals surface area contributed by atoms with Crippen LogP contribution in [0.1, 0.15) is 44.9 Å². The monoisotopic (exact) mass is 318 g/mol. The van der Waals surface area contributed by atoms with E-state index in [0.717, 1.165) is 44.9 Å². The molecule has 0 amide bonds. The van der Waals surface area contributed by atoms with Crippen LogP contribution in [0.5, 0.6) is 0 Å². The van der Waals surface area contributed by atoms with Crippen molar-refractivity contribution in [3.05, 3.63) is 0 Å². The van der Waals surface area contributed by atoms with Gasteiger partial charge in [0.05, 0.1) is 13.2 Å². The Balaban J connectivity index is 1.61. The zero-order chi connectivity index (χ0) is 14.9. The maximum Gasteiger partial charge on any atom is 0.281 e. The summed E-state index contributed by atoms with van der Waals surface area (Å²) in [6, 6.07) is 0.0651. The van der Waals surface area contributed by atoms with E-state index in [9.17, 15) is 8.42 Å². The predicted octanol–water partition coefficient (Wildman–Crippen LogP) is 1.33. The third-order valence-electron chi connectivity index (χ3n) is 5.05. The Kier molecular flexibility index (Phi) is 4.57. The molecule has 2 heterocycles. The molecule has 3 fully saturated rings. The normalized spacial score (nSPS) is 28.5. The summed E-state index contributed by atoms with van der Waals surface area (Å²) >= 11 is 0. The van der Waals surface area contributed by atoms with E-state index < -0.39 is 16.0 Å². The fourth-order valence-corrected chi connectivity index (χ4v) is 5.33. The van der Waals surface area contributed by atoms with Gasteiger partial charge in [-0.3, -0.25) is 0 Å². The van der Waals surface area contributed by atoms with Crippen molar-refractivity contribution in [2.24, 2.45) is 0 Å². The van der Waals surface area contributed by atoms with Crippen LogP contribution in [0.3, 0.4) is 0 Å². The number of ether oxygens (including phenoxy) is 2. The van der Waals surface area contributed by atoms with Crippen LogP contribution in [0.4, 0.5) is 0 Å². The third kappa shape index (κ3) is 3.12. The number of nitrogens with zero attached hydrogens (tertiary/aromatic N) is 2. The highest BCUT2D eigenvalue weighted by molar-refractivity contribution is 7.86. The van der Waals surface area contributed by atoms with E-state index in [1.165, 1.54) is 0 Å². The van der Waals surface area contributed by atoms with E-state index in [0.29, 0.717) is 26.3 Å². The summed E-state index contributed by atoms with van der Waals surface area (Å²) in [4.78, 5) is 0. The van der Waals surface area contributed by atoms with E-state index in [-0.39, 0.29) is 6.04 Å². The maximum atomic E-state index is 12.7. The Morgan fingerprint density at radius 2 is 1.62 bits per heavy atom. The minimum atomic E-state index is -3.31. The Morgan fingerprint density at radius 1 is 1.05 bits per heavy atom. The molecule has 1 saturated carbocycles. The van der Waals surface area contributed by atoms with Crippen molar-refractivity contribution in [3.63, 3.8) is 0 Å². The van der Waals surface area contributed by atoms with E-state index in [1.54, 1.807) is 15.7 Å². The van der Waals surface area contributed by atoms with Crippen molar-refractivity contribution in [1.82, 2.24) is 8.61 Å². The molecule has 7 heteroatoms. The predicted molar refractivity (Wildman–Crippen MR) is 79.0 cm³/mol. The fraction of sp³-hybridized carbons (Fsp3) is 1.00. The summed E-state index contributed by atoms with van der Waals surface area (Å²) in [5, 5.41) is 0. The van der Waals surface area contributed by atoms with Gasteiger partial charge in [0.2, 0.25) is 0 Å². The second-order valence-corrected chi connectivity index (χ2v) is 8.31. The zero-order valence-electron chi connectivity index (χ0n) is 12.8. The second-order valence-electron chi connectivity index (χ2n) is 6.32. The molecule has 2 saturated heterocycles. The lowest BCUT2D eigenvalue weighted by molar-refractivity contribution is -0.181. The average Bonchev–Trinajstić information content (AvgIpc) is 2.96. The van der Waals surface area contributed by atoms with Crippen molar-refractivity contribution < 1.29 is 17.9 Å². The van der Waals surface area contributed by atoms with Gasteiger partial charge in [-0.25, -0.2) is 0 Å². The average molecular weight is 318 g/mol. The fourth-order valence-electron chi connectivity index (χ4n) is 3.66. The molecule has 0 aromatic rings. The zero-order valence-corrected chi connectivity index (χ0v) is 13.6. The molecular weight excluding hydrogens is 292 g/mol. The van der Waals surface area contributed by atoms with Gasteiger partial charge >= 0.3 is 0 Å². The molecule has 0 bridgehead atoms. The lowest BCUT2D eigenvalue weighted by Crippen LogP contribution is -2.50. The van der Waals surface area contributed by atoms with Crippen LogP contribution in [-0.4, -0.2) is 62.2 Å². The topological polar surface area (TPSA) is 59.1 Å². The Bertz CT molecular complexity index is 446.